The molecule has 1 N–H and O–H groups in total. The topological polar surface area (TPSA) is 96.2 Å². The molecular weight excluding hydrogens is 628 g/mol. The number of hydrogen-bond acceptors (Lipinski definition) is 7. The molecule has 0 aliphatic carbocycles. The van der Waals surface area contributed by atoms with Crippen LogP contribution in [0.25, 0.3) is 22.2 Å². The molecule has 0 radical (unpaired) electrons. The Bertz CT molecular complexity index is 1900. The smallest absolute Gasteiger partial charge is 0.407 e. The number of aryl methyl sites for hydroxylation is 1. The van der Waals surface area contributed by atoms with Gasteiger partial charge in [0.05, 0.1) is 16.8 Å². The maximum atomic E-state index is 11.6. The van der Waals surface area contributed by atoms with E-state index in [4.69, 9.17) is 19.6 Å². The summed E-state index contributed by atoms with van der Waals surface area (Å²) in [5.41, 5.74) is 6.04. The van der Waals surface area contributed by atoms with Crippen molar-refractivity contribution in [3.8, 4) is 23.0 Å². The Morgan fingerprint density at radius 1 is 0.820 bits per heavy atom. The molecule has 2 aliphatic rings. The molecular formula is C40H46N6O4. The molecule has 50 heavy (non-hydrogen) atoms. The summed E-state index contributed by atoms with van der Waals surface area (Å²) in [6.45, 7) is 9.17. The maximum absolute atomic E-state index is 11.6. The van der Waals surface area contributed by atoms with Gasteiger partial charge < -0.3 is 24.4 Å². The van der Waals surface area contributed by atoms with Crippen LogP contribution in [-0.2, 0) is 20.3 Å². The first kappa shape index (κ1) is 33.4. The molecule has 0 spiro atoms. The Hall–Kier alpha value is -5.09. The second kappa shape index (κ2) is 14.8. The van der Waals surface area contributed by atoms with Crippen LogP contribution >= 0.6 is 0 Å². The van der Waals surface area contributed by atoms with Crippen LogP contribution in [0.5, 0.6) is 11.8 Å². The number of pyridine rings is 1. The Labute approximate surface area is 293 Å². The van der Waals surface area contributed by atoms with E-state index in [-0.39, 0.29) is 12.1 Å². The molecule has 0 bridgehead atoms. The van der Waals surface area contributed by atoms with Gasteiger partial charge in [-0.25, -0.2) is 4.79 Å². The van der Waals surface area contributed by atoms with Crippen molar-refractivity contribution in [2.24, 2.45) is 13.0 Å². The quantitative estimate of drug-likeness (QED) is 0.168. The van der Waals surface area contributed by atoms with Gasteiger partial charge >= 0.3 is 6.09 Å². The number of benzene rings is 3. The number of piperazine rings is 1. The SMILES string of the molecule is C[C@@H]1CN(C(=O)O)C[C@H](C)N1CC1CCN(c2cccc3c(-c4ccc(OCc5ccccc5)nc4OCc4ccccc4)nn(C)c23)CC1. The second-order valence-electron chi connectivity index (χ2n) is 13.7. The van der Waals surface area contributed by atoms with E-state index >= 15 is 0 Å². The fraction of sp³-hybridized carbons (Fsp3) is 0.375. The van der Waals surface area contributed by atoms with Crippen molar-refractivity contribution in [3.63, 3.8) is 0 Å². The third-order valence-corrected chi connectivity index (χ3v) is 10.2. The molecule has 3 aromatic carbocycles. The van der Waals surface area contributed by atoms with Crippen LogP contribution in [0.4, 0.5) is 10.5 Å². The Kier molecular flexibility index (Phi) is 9.89. The highest BCUT2D eigenvalue weighted by atomic mass is 16.5. The normalized spacial score (nSPS) is 18.8. The number of piperidine rings is 1. The molecule has 0 unspecified atom stereocenters. The lowest BCUT2D eigenvalue weighted by molar-refractivity contribution is 0.0276. The van der Waals surface area contributed by atoms with Gasteiger partial charge in [0.25, 0.3) is 0 Å². The van der Waals surface area contributed by atoms with Crippen molar-refractivity contribution in [3.05, 3.63) is 102 Å². The summed E-state index contributed by atoms with van der Waals surface area (Å²) in [5, 5.41) is 15.6. The van der Waals surface area contributed by atoms with E-state index in [9.17, 15) is 9.90 Å². The van der Waals surface area contributed by atoms with Crippen molar-refractivity contribution >= 4 is 22.7 Å². The van der Waals surface area contributed by atoms with Gasteiger partial charge in [-0.05, 0) is 55.9 Å². The highest BCUT2D eigenvalue weighted by molar-refractivity contribution is 6.01. The molecule has 2 atom stereocenters. The minimum Gasteiger partial charge on any atom is -0.473 e. The monoisotopic (exact) mass is 674 g/mol. The van der Waals surface area contributed by atoms with Gasteiger partial charge in [0.15, 0.2) is 0 Å². The molecule has 2 aliphatic heterocycles. The highest BCUT2D eigenvalue weighted by Crippen LogP contribution is 2.39. The van der Waals surface area contributed by atoms with Crippen LogP contribution in [-0.4, -0.2) is 80.6 Å². The summed E-state index contributed by atoms with van der Waals surface area (Å²) in [6, 6.07) is 31.0. The molecule has 4 heterocycles. The summed E-state index contributed by atoms with van der Waals surface area (Å²) in [7, 11) is 2.01. The minimum atomic E-state index is -0.818. The van der Waals surface area contributed by atoms with Gasteiger partial charge in [-0.3, -0.25) is 9.58 Å². The third kappa shape index (κ3) is 7.26. The summed E-state index contributed by atoms with van der Waals surface area (Å²) in [4.78, 5) is 23.0. The summed E-state index contributed by atoms with van der Waals surface area (Å²) < 4.78 is 14.5. The number of para-hydroxylation sites is 1. The Morgan fingerprint density at radius 2 is 1.46 bits per heavy atom. The zero-order valence-corrected chi connectivity index (χ0v) is 29.1. The Morgan fingerprint density at radius 3 is 2.10 bits per heavy atom. The average Bonchev–Trinajstić information content (AvgIpc) is 3.48. The molecule has 0 saturated carbocycles. The fourth-order valence-corrected chi connectivity index (χ4v) is 7.55. The minimum absolute atomic E-state index is 0.218. The van der Waals surface area contributed by atoms with Crippen LogP contribution in [0.1, 0.15) is 37.8 Å². The molecule has 10 heteroatoms. The predicted molar refractivity (Wildman–Crippen MR) is 196 cm³/mol. The maximum Gasteiger partial charge on any atom is 0.407 e. The number of ether oxygens (including phenoxy) is 2. The summed E-state index contributed by atoms with van der Waals surface area (Å²) >= 11 is 0. The first-order valence-electron chi connectivity index (χ1n) is 17.6. The van der Waals surface area contributed by atoms with E-state index in [0.717, 1.165) is 65.8 Å². The zero-order valence-electron chi connectivity index (χ0n) is 29.1. The van der Waals surface area contributed by atoms with E-state index in [1.807, 2.05) is 84.5 Å². The predicted octanol–water partition coefficient (Wildman–Crippen LogP) is 7.08. The van der Waals surface area contributed by atoms with Crippen molar-refractivity contribution in [2.75, 3.05) is 37.6 Å². The second-order valence-corrected chi connectivity index (χ2v) is 13.7. The number of carboxylic acid groups (broad SMARTS) is 1. The van der Waals surface area contributed by atoms with Gasteiger partial charge in [-0.1, -0.05) is 72.8 Å². The number of aromatic nitrogens is 3. The van der Waals surface area contributed by atoms with E-state index in [0.29, 0.717) is 44.0 Å². The van der Waals surface area contributed by atoms with Crippen molar-refractivity contribution in [2.45, 2.75) is 52.0 Å². The van der Waals surface area contributed by atoms with Crippen molar-refractivity contribution in [1.82, 2.24) is 24.6 Å². The van der Waals surface area contributed by atoms with Crippen LogP contribution in [0.3, 0.4) is 0 Å². The fourth-order valence-electron chi connectivity index (χ4n) is 7.55. The van der Waals surface area contributed by atoms with E-state index in [2.05, 4.69) is 41.8 Å². The van der Waals surface area contributed by atoms with Gasteiger partial charge in [0.1, 0.15) is 18.9 Å². The van der Waals surface area contributed by atoms with Gasteiger partial charge in [0.2, 0.25) is 11.8 Å². The van der Waals surface area contributed by atoms with Gasteiger partial charge in [-0.15, -0.1) is 0 Å². The number of amides is 1. The first-order chi connectivity index (χ1) is 24.3. The lowest BCUT2D eigenvalue weighted by Gasteiger charge is -2.46. The van der Waals surface area contributed by atoms with Crippen LogP contribution in [0.15, 0.2) is 91.0 Å². The summed E-state index contributed by atoms with van der Waals surface area (Å²) in [6.07, 6.45) is 1.36. The molecule has 10 nitrogen and oxygen atoms in total. The molecule has 1 amide bonds. The molecule has 260 valence electrons. The highest BCUT2D eigenvalue weighted by Gasteiger charge is 2.34. The van der Waals surface area contributed by atoms with Crippen LogP contribution in [0.2, 0.25) is 0 Å². The average molecular weight is 675 g/mol. The molecule has 5 aromatic rings. The Balaban J connectivity index is 1.11. The number of nitrogens with zero attached hydrogens (tertiary/aromatic N) is 6. The van der Waals surface area contributed by atoms with E-state index in [1.54, 1.807) is 4.90 Å². The lowest BCUT2D eigenvalue weighted by atomic mass is 9.93. The molecule has 2 aromatic heterocycles. The number of carbonyl (C=O) groups is 1. The molecule has 7 rings (SSSR count). The molecule has 2 fully saturated rings. The third-order valence-electron chi connectivity index (χ3n) is 10.2. The van der Waals surface area contributed by atoms with Crippen molar-refractivity contribution in [1.29, 1.82) is 0 Å². The number of hydrogen-bond donors (Lipinski definition) is 1. The van der Waals surface area contributed by atoms with Crippen LogP contribution in [0, 0.1) is 5.92 Å². The number of anilines is 1. The summed E-state index contributed by atoms with van der Waals surface area (Å²) in [5.74, 6) is 1.56. The standard InChI is InChI=1S/C40H46N6O4/c1-28-23-45(40(47)48)24-29(2)46(28)25-30-19-21-44(22-20-30)35-16-10-15-33-37(42-43(3)38(33)35)34-17-18-36(49-26-31-11-6-4-7-12-31)41-39(34)50-27-32-13-8-5-9-14-32/h4-18,28-30H,19-27H2,1-3H3,(H,47,48)/t28-,29+. The van der Waals surface area contributed by atoms with Crippen molar-refractivity contribution < 1.29 is 19.4 Å². The van der Waals surface area contributed by atoms with E-state index in [1.165, 1.54) is 5.69 Å². The zero-order chi connectivity index (χ0) is 34.6. The number of fused-ring (bicyclic) bond motifs is 1. The van der Waals surface area contributed by atoms with Gasteiger partial charge in [0, 0.05) is 63.3 Å². The number of rotatable bonds is 10. The van der Waals surface area contributed by atoms with Crippen LogP contribution < -0.4 is 14.4 Å². The largest absolute Gasteiger partial charge is 0.473 e. The first-order valence-corrected chi connectivity index (χ1v) is 17.6. The van der Waals surface area contributed by atoms with Gasteiger partial charge in [-0.2, -0.15) is 10.1 Å². The van der Waals surface area contributed by atoms with E-state index < -0.39 is 6.09 Å². The molecule has 2 saturated heterocycles. The lowest BCUT2D eigenvalue weighted by Crippen LogP contribution is -2.59.